The fourth-order valence-electron chi connectivity index (χ4n) is 4.35. The summed E-state index contributed by atoms with van der Waals surface area (Å²) in [5.41, 5.74) is 4.73. The molecule has 5 atom stereocenters. The van der Waals surface area contributed by atoms with Crippen LogP contribution in [0.25, 0.3) is 0 Å². The van der Waals surface area contributed by atoms with Gasteiger partial charge >= 0.3 is 5.97 Å². The van der Waals surface area contributed by atoms with Gasteiger partial charge in [-0.05, 0) is 49.7 Å². The standard InChI is InChI=1S/C19H22Cl2N2O5/c1-2-13(28-14-8-11(20)5-6-12(14)21)17(24)22-23-18(25)15-9-3-4-10(7-9)16(15)19(26)27/h5-6,8-10,13,15-16H,2-4,7H2,1H3,(H,22,24)(H,23,25)(H,26,27)/t9-,10-,13-,15+,16+/m0/s1. The Hall–Kier alpha value is -1.99. The lowest BCUT2D eigenvalue weighted by atomic mass is 9.79. The number of carboxylic acid groups (broad SMARTS) is 1. The molecule has 0 aliphatic heterocycles. The van der Waals surface area contributed by atoms with Crippen molar-refractivity contribution in [3.63, 3.8) is 0 Å². The third-order valence-corrected chi connectivity index (χ3v) is 6.19. The van der Waals surface area contributed by atoms with Gasteiger partial charge in [0.15, 0.2) is 6.10 Å². The highest BCUT2D eigenvalue weighted by Crippen LogP contribution is 2.52. The number of hydrogen-bond donors (Lipinski definition) is 3. The van der Waals surface area contributed by atoms with E-state index in [1.807, 2.05) is 0 Å². The molecule has 3 rings (SSSR count). The molecular weight excluding hydrogens is 407 g/mol. The fraction of sp³-hybridized carbons (Fsp3) is 0.526. The molecule has 0 heterocycles. The predicted octanol–water partition coefficient (Wildman–Crippen LogP) is 3.05. The number of carboxylic acids is 1. The third-order valence-electron chi connectivity index (χ3n) is 5.64. The fourth-order valence-corrected chi connectivity index (χ4v) is 4.68. The van der Waals surface area contributed by atoms with Crippen molar-refractivity contribution in [2.45, 2.75) is 38.7 Å². The first-order chi connectivity index (χ1) is 13.3. The van der Waals surface area contributed by atoms with E-state index in [0.29, 0.717) is 16.5 Å². The summed E-state index contributed by atoms with van der Waals surface area (Å²) in [6.45, 7) is 1.75. The van der Waals surface area contributed by atoms with E-state index in [4.69, 9.17) is 27.9 Å². The van der Waals surface area contributed by atoms with Crippen molar-refractivity contribution < 1.29 is 24.2 Å². The predicted molar refractivity (Wildman–Crippen MR) is 103 cm³/mol. The number of aliphatic carboxylic acids is 1. The van der Waals surface area contributed by atoms with Gasteiger partial charge in [0.1, 0.15) is 5.75 Å². The molecule has 0 aromatic heterocycles. The monoisotopic (exact) mass is 428 g/mol. The molecule has 7 nitrogen and oxygen atoms in total. The number of hydrogen-bond acceptors (Lipinski definition) is 4. The van der Waals surface area contributed by atoms with E-state index in [1.54, 1.807) is 19.1 Å². The minimum Gasteiger partial charge on any atom is -0.481 e. The molecule has 0 spiro atoms. The van der Waals surface area contributed by atoms with E-state index >= 15 is 0 Å². The Balaban J connectivity index is 1.60. The van der Waals surface area contributed by atoms with Gasteiger partial charge in [0, 0.05) is 11.1 Å². The molecule has 9 heteroatoms. The van der Waals surface area contributed by atoms with Crippen molar-refractivity contribution in [3.05, 3.63) is 28.2 Å². The number of rotatable bonds is 6. The van der Waals surface area contributed by atoms with E-state index in [-0.39, 0.29) is 17.6 Å². The lowest BCUT2D eigenvalue weighted by molar-refractivity contribution is -0.150. The second-order valence-corrected chi connectivity index (χ2v) is 8.13. The summed E-state index contributed by atoms with van der Waals surface area (Å²) in [7, 11) is 0. The largest absolute Gasteiger partial charge is 0.481 e. The van der Waals surface area contributed by atoms with Gasteiger partial charge in [0.25, 0.3) is 5.91 Å². The molecule has 1 aromatic rings. The van der Waals surface area contributed by atoms with E-state index in [1.165, 1.54) is 6.07 Å². The van der Waals surface area contributed by atoms with Gasteiger partial charge in [0.2, 0.25) is 5.91 Å². The molecule has 2 aliphatic carbocycles. The van der Waals surface area contributed by atoms with Crippen molar-refractivity contribution in [1.29, 1.82) is 0 Å². The number of carbonyl (C=O) groups is 3. The Morgan fingerprint density at radius 1 is 1.18 bits per heavy atom. The van der Waals surface area contributed by atoms with Crippen LogP contribution in [0.3, 0.4) is 0 Å². The highest BCUT2D eigenvalue weighted by atomic mass is 35.5. The van der Waals surface area contributed by atoms with Crippen molar-refractivity contribution in [3.8, 4) is 5.75 Å². The van der Waals surface area contributed by atoms with Crippen molar-refractivity contribution in [2.75, 3.05) is 0 Å². The van der Waals surface area contributed by atoms with Gasteiger partial charge in [-0.3, -0.25) is 25.2 Å². The molecule has 2 aliphatic rings. The van der Waals surface area contributed by atoms with Crippen molar-refractivity contribution >= 4 is 41.0 Å². The third kappa shape index (κ3) is 4.20. The van der Waals surface area contributed by atoms with Crippen molar-refractivity contribution in [2.24, 2.45) is 23.7 Å². The van der Waals surface area contributed by atoms with Crippen LogP contribution in [0.15, 0.2) is 18.2 Å². The topological polar surface area (TPSA) is 105 Å². The molecule has 28 heavy (non-hydrogen) atoms. The first kappa shape index (κ1) is 20.7. The van der Waals surface area contributed by atoms with Crippen LogP contribution in [0.2, 0.25) is 10.0 Å². The van der Waals surface area contributed by atoms with Crippen LogP contribution >= 0.6 is 23.2 Å². The van der Waals surface area contributed by atoms with Gasteiger partial charge in [-0.2, -0.15) is 0 Å². The maximum atomic E-state index is 12.6. The number of hydrazine groups is 1. The average Bonchev–Trinajstić information content (AvgIpc) is 3.27. The summed E-state index contributed by atoms with van der Waals surface area (Å²) in [6, 6.07) is 4.67. The van der Waals surface area contributed by atoms with E-state index in [9.17, 15) is 19.5 Å². The van der Waals surface area contributed by atoms with Crippen molar-refractivity contribution in [1.82, 2.24) is 10.9 Å². The number of halogens is 2. The molecule has 0 unspecified atom stereocenters. The van der Waals surface area contributed by atoms with Gasteiger partial charge in [-0.15, -0.1) is 0 Å². The molecule has 2 amide bonds. The normalized spacial score (nSPS) is 26.5. The van der Waals surface area contributed by atoms with Crippen LogP contribution in [0.5, 0.6) is 5.75 Å². The van der Waals surface area contributed by atoms with Gasteiger partial charge in [0.05, 0.1) is 16.9 Å². The second kappa shape index (κ2) is 8.57. The average molecular weight is 429 g/mol. The van der Waals surface area contributed by atoms with Gasteiger partial charge in [-0.1, -0.05) is 30.1 Å². The van der Waals surface area contributed by atoms with Crippen LogP contribution in [0.4, 0.5) is 0 Å². The van der Waals surface area contributed by atoms with E-state index in [2.05, 4.69) is 10.9 Å². The lowest BCUT2D eigenvalue weighted by Crippen LogP contribution is -2.52. The Kier molecular flexibility index (Phi) is 6.35. The minimum atomic E-state index is -0.955. The molecule has 0 saturated heterocycles. The minimum absolute atomic E-state index is 0.0330. The van der Waals surface area contributed by atoms with E-state index in [0.717, 1.165) is 19.3 Å². The maximum absolute atomic E-state index is 12.6. The van der Waals surface area contributed by atoms with Crippen LogP contribution in [-0.2, 0) is 14.4 Å². The summed E-state index contributed by atoms with van der Waals surface area (Å²) in [6.07, 6.45) is 1.86. The second-order valence-electron chi connectivity index (χ2n) is 7.29. The quantitative estimate of drug-likeness (QED) is 0.603. The SMILES string of the molecule is CC[C@H](Oc1cc(Cl)ccc1Cl)C(=O)NNC(=O)[C@@H]1[C@H]2CC[C@@H](C2)[C@H]1C(=O)O. The number of ether oxygens (including phenoxy) is 1. The summed E-state index contributed by atoms with van der Waals surface area (Å²) in [4.78, 5) is 36.5. The molecular formula is C19H22Cl2N2O5. The Morgan fingerprint density at radius 2 is 1.86 bits per heavy atom. The van der Waals surface area contributed by atoms with Gasteiger partial charge < -0.3 is 9.84 Å². The molecule has 2 saturated carbocycles. The molecule has 2 bridgehead atoms. The van der Waals surface area contributed by atoms with Crippen LogP contribution in [0, 0.1) is 23.7 Å². The Labute approximate surface area is 172 Å². The zero-order chi connectivity index (χ0) is 20.4. The molecule has 0 radical (unpaired) electrons. The first-order valence-corrected chi connectivity index (χ1v) is 10.0. The Bertz CT molecular complexity index is 788. The maximum Gasteiger partial charge on any atom is 0.307 e. The number of nitrogens with one attached hydrogen (secondary N) is 2. The van der Waals surface area contributed by atoms with Crippen LogP contribution in [-0.4, -0.2) is 29.0 Å². The lowest BCUT2D eigenvalue weighted by Gasteiger charge is -2.27. The van der Waals surface area contributed by atoms with E-state index < -0.39 is 35.7 Å². The first-order valence-electron chi connectivity index (χ1n) is 9.26. The molecule has 152 valence electrons. The molecule has 2 fully saturated rings. The number of carbonyl (C=O) groups excluding carboxylic acids is 2. The number of benzene rings is 1. The zero-order valence-electron chi connectivity index (χ0n) is 15.3. The molecule has 3 N–H and O–H groups in total. The number of amides is 2. The summed E-state index contributed by atoms with van der Waals surface area (Å²) < 4.78 is 5.63. The number of fused-ring (bicyclic) bond motifs is 2. The van der Waals surface area contributed by atoms with Crippen LogP contribution in [0.1, 0.15) is 32.6 Å². The summed E-state index contributed by atoms with van der Waals surface area (Å²) in [5, 5.41) is 10.2. The highest BCUT2D eigenvalue weighted by Gasteiger charge is 2.54. The summed E-state index contributed by atoms with van der Waals surface area (Å²) >= 11 is 12.0. The Morgan fingerprint density at radius 3 is 2.50 bits per heavy atom. The molecule has 1 aromatic carbocycles. The smallest absolute Gasteiger partial charge is 0.307 e. The zero-order valence-corrected chi connectivity index (χ0v) is 16.8. The van der Waals surface area contributed by atoms with Crippen LogP contribution < -0.4 is 15.6 Å². The summed E-state index contributed by atoms with van der Waals surface area (Å²) in [5.74, 6) is -2.95. The van der Waals surface area contributed by atoms with Gasteiger partial charge in [-0.25, -0.2) is 0 Å². The highest BCUT2D eigenvalue weighted by molar-refractivity contribution is 6.34.